The second-order valence-corrected chi connectivity index (χ2v) is 12.2. The van der Waals surface area contributed by atoms with Gasteiger partial charge in [-0.25, -0.2) is 13.2 Å². The molecule has 0 radical (unpaired) electrons. The van der Waals surface area contributed by atoms with Crippen molar-refractivity contribution >= 4 is 17.5 Å². The van der Waals surface area contributed by atoms with Gasteiger partial charge >= 0.3 is 0 Å². The number of carbonyl (C=O) groups excluding carboxylic acids is 2. The SMILES string of the molecule is CC1CN(CC(=O)N2CC(C)(C)c3nnc(Cc4ccc(F)cc4F)cc32)C(CN2Cc3ccc(F)cc3C2=O)CN1. The minimum Gasteiger partial charge on any atom is -0.333 e. The molecular weight excluding hydrogens is 545 g/mol. The van der Waals surface area contributed by atoms with Gasteiger partial charge in [-0.15, -0.1) is 0 Å². The molecule has 2 atom stereocenters. The number of rotatable bonds is 6. The third kappa shape index (κ3) is 5.38. The van der Waals surface area contributed by atoms with Gasteiger partial charge in [-0.05, 0) is 42.3 Å². The number of anilines is 1. The lowest BCUT2D eigenvalue weighted by Crippen LogP contribution is -2.60. The van der Waals surface area contributed by atoms with Gasteiger partial charge in [0, 0.05) is 68.3 Å². The Morgan fingerprint density at radius 1 is 1.07 bits per heavy atom. The Kier molecular flexibility index (Phi) is 7.26. The molecule has 6 rings (SSSR count). The van der Waals surface area contributed by atoms with Crippen molar-refractivity contribution < 1.29 is 22.8 Å². The van der Waals surface area contributed by atoms with Crippen molar-refractivity contribution in [1.29, 1.82) is 0 Å². The average Bonchev–Trinajstić information content (AvgIpc) is 3.39. The minimum absolute atomic E-state index is 0.106. The normalized spacial score (nSPS) is 21.5. The molecule has 3 aliphatic heterocycles. The first-order chi connectivity index (χ1) is 20.0. The first kappa shape index (κ1) is 28.3. The zero-order chi connectivity index (χ0) is 29.8. The summed E-state index contributed by atoms with van der Waals surface area (Å²) in [7, 11) is 0. The van der Waals surface area contributed by atoms with E-state index in [9.17, 15) is 22.8 Å². The zero-order valence-corrected chi connectivity index (χ0v) is 23.8. The van der Waals surface area contributed by atoms with Crippen molar-refractivity contribution in [3.05, 3.63) is 88.0 Å². The van der Waals surface area contributed by atoms with E-state index in [-0.39, 0.29) is 36.9 Å². The number of fused-ring (bicyclic) bond motifs is 2. The number of aromatic nitrogens is 2. The van der Waals surface area contributed by atoms with Crippen molar-refractivity contribution in [2.45, 2.75) is 51.2 Å². The smallest absolute Gasteiger partial charge is 0.254 e. The Balaban J connectivity index is 1.20. The molecule has 8 nitrogen and oxygen atoms in total. The summed E-state index contributed by atoms with van der Waals surface area (Å²) in [6.45, 7) is 8.65. The van der Waals surface area contributed by atoms with Crippen LogP contribution in [0, 0.1) is 17.5 Å². The molecule has 2 aromatic carbocycles. The summed E-state index contributed by atoms with van der Waals surface area (Å²) in [4.78, 5) is 32.5. The van der Waals surface area contributed by atoms with Crippen LogP contribution in [0.25, 0.3) is 0 Å². The average molecular weight is 579 g/mol. The largest absolute Gasteiger partial charge is 0.333 e. The van der Waals surface area contributed by atoms with Gasteiger partial charge in [0.2, 0.25) is 5.91 Å². The molecule has 0 bridgehead atoms. The Hall–Kier alpha value is -3.83. The highest BCUT2D eigenvalue weighted by atomic mass is 19.1. The summed E-state index contributed by atoms with van der Waals surface area (Å²) in [6, 6.07) is 9.55. The quantitative estimate of drug-likeness (QED) is 0.483. The predicted molar refractivity (Wildman–Crippen MR) is 151 cm³/mol. The number of hydrogen-bond donors (Lipinski definition) is 1. The highest BCUT2D eigenvalue weighted by Crippen LogP contribution is 2.39. The Labute approximate surface area is 242 Å². The third-order valence-corrected chi connectivity index (χ3v) is 8.44. The third-order valence-electron chi connectivity index (χ3n) is 8.44. The van der Waals surface area contributed by atoms with Crippen molar-refractivity contribution in [3.63, 3.8) is 0 Å². The van der Waals surface area contributed by atoms with Gasteiger partial charge in [-0.3, -0.25) is 14.5 Å². The predicted octanol–water partition coefficient (Wildman–Crippen LogP) is 3.43. The Morgan fingerprint density at radius 2 is 1.83 bits per heavy atom. The van der Waals surface area contributed by atoms with Gasteiger partial charge < -0.3 is 15.1 Å². The van der Waals surface area contributed by atoms with Gasteiger partial charge in [0.15, 0.2) is 0 Å². The summed E-state index contributed by atoms with van der Waals surface area (Å²) in [5.74, 6) is -2.05. The lowest BCUT2D eigenvalue weighted by Gasteiger charge is -2.41. The lowest BCUT2D eigenvalue weighted by atomic mass is 9.91. The zero-order valence-electron chi connectivity index (χ0n) is 23.8. The van der Waals surface area contributed by atoms with Crippen LogP contribution in [-0.2, 0) is 23.2 Å². The highest BCUT2D eigenvalue weighted by Gasteiger charge is 2.42. The van der Waals surface area contributed by atoms with Crippen LogP contribution in [-0.4, -0.2) is 76.6 Å². The molecule has 0 saturated carbocycles. The fraction of sp³-hybridized carbons (Fsp3) is 0.419. The van der Waals surface area contributed by atoms with Gasteiger partial charge in [-0.1, -0.05) is 26.0 Å². The second kappa shape index (κ2) is 10.8. The van der Waals surface area contributed by atoms with E-state index in [0.29, 0.717) is 60.9 Å². The van der Waals surface area contributed by atoms with Gasteiger partial charge in [0.05, 0.1) is 23.6 Å². The molecule has 2 unspecified atom stereocenters. The van der Waals surface area contributed by atoms with Crippen molar-refractivity contribution in [2.24, 2.45) is 0 Å². The minimum atomic E-state index is -0.658. The van der Waals surface area contributed by atoms with Gasteiger partial charge in [0.1, 0.15) is 17.5 Å². The molecule has 1 aromatic heterocycles. The van der Waals surface area contributed by atoms with E-state index >= 15 is 0 Å². The van der Waals surface area contributed by atoms with Crippen LogP contribution >= 0.6 is 0 Å². The summed E-state index contributed by atoms with van der Waals surface area (Å²) in [5.41, 5.74) is 2.86. The monoisotopic (exact) mass is 578 g/mol. The maximum atomic E-state index is 14.3. The van der Waals surface area contributed by atoms with E-state index in [4.69, 9.17) is 0 Å². The molecule has 1 fully saturated rings. The lowest BCUT2D eigenvalue weighted by molar-refractivity contribution is -0.120. The van der Waals surface area contributed by atoms with Crippen LogP contribution in [0.3, 0.4) is 0 Å². The molecule has 3 aliphatic rings. The first-order valence-corrected chi connectivity index (χ1v) is 14.1. The number of carbonyl (C=O) groups is 2. The molecule has 11 heteroatoms. The number of piperazine rings is 1. The molecule has 1 N–H and O–H groups in total. The van der Waals surface area contributed by atoms with Gasteiger partial charge in [-0.2, -0.15) is 10.2 Å². The standard InChI is InChI=1S/C31H33F3N6O2/c1-18-13-38(24(12-35-18)15-39-14-20-5-7-21(32)9-25(20)30(39)42)16-28(41)40-17-31(2,3)29-27(40)11-23(36-37-29)8-19-4-6-22(33)10-26(19)34/h4-7,9-11,18,24,35H,8,12-17H2,1-3H3. The van der Waals surface area contributed by atoms with Crippen LogP contribution in [0.1, 0.15) is 53.6 Å². The molecule has 1 saturated heterocycles. The summed E-state index contributed by atoms with van der Waals surface area (Å²) < 4.78 is 41.5. The molecular formula is C31H33F3N6O2. The van der Waals surface area contributed by atoms with E-state index in [1.807, 2.05) is 13.8 Å². The van der Waals surface area contributed by atoms with Crippen LogP contribution in [0.15, 0.2) is 42.5 Å². The van der Waals surface area contributed by atoms with Gasteiger partial charge in [0.25, 0.3) is 5.91 Å². The number of nitrogens with one attached hydrogen (secondary N) is 1. The maximum absolute atomic E-state index is 14.3. The molecule has 0 aliphatic carbocycles. The summed E-state index contributed by atoms with van der Waals surface area (Å²) in [5, 5.41) is 12.2. The Morgan fingerprint density at radius 3 is 2.62 bits per heavy atom. The molecule has 42 heavy (non-hydrogen) atoms. The second-order valence-electron chi connectivity index (χ2n) is 12.2. The van der Waals surface area contributed by atoms with Crippen LogP contribution in [0.4, 0.5) is 18.9 Å². The fourth-order valence-corrected chi connectivity index (χ4v) is 6.23. The van der Waals surface area contributed by atoms with Crippen LogP contribution in [0.5, 0.6) is 0 Å². The van der Waals surface area contributed by atoms with E-state index in [1.54, 1.807) is 21.9 Å². The van der Waals surface area contributed by atoms with Crippen molar-refractivity contribution in [3.8, 4) is 0 Å². The number of benzene rings is 2. The number of nitrogens with zero attached hydrogens (tertiary/aromatic N) is 5. The highest BCUT2D eigenvalue weighted by molar-refractivity contribution is 5.98. The molecule has 3 aromatic rings. The molecule has 0 spiro atoms. The van der Waals surface area contributed by atoms with E-state index < -0.39 is 22.9 Å². The first-order valence-electron chi connectivity index (χ1n) is 14.1. The van der Waals surface area contributed by atoms with E-state index in [1.165, 1.54) is 24.3 Å². The van der Waals surface area contributed by atoms with Crippen molar-refractivity contribution in [1.82, 2.24) is 25.3 Å². The van der Waals surface area contributed by atoms with Crippen LogP contribution < -0.4 is 10.2 Å². The molecule has 2 amide bonds. The molecule has 220 valence electrons. The van der Waals surface area contributed by atoms with E-state index in [0.717, 1.165) is 11.6 Å². The van der Waals surface area contributed by atoms with Crippen molar-refractivity contribution in [2.75, 3.05) is 37.6 Å². The fourth-order valence-electron chi connectivity index (χ4n) is 6.23. The number of amides is 2. The summed E-state index contributed by atoms with van der Waals surface area (Å²) in [6.07, 6.45) is 0.113. The number of halogens is 3. The molecule has 4 heterocycles. The Bertz CT molecular complexity index is 1560. The number of hydrogen-bond acceptors (Lipinski definition) is 6. The van der Waals surface area contributed by atoms with E-state index in [2.05, 4.69) is 27.3 Å². The maximum Gasteiger partial charge on any atom is 0.254 e. The van der Waals surface area contributed by atoms with Crippen LogP contribution in [0.2, 0.25) is 0 Å². The topological polar surface area (TPSA) is 81.7 Å². The summed E-state index contributed by atoms with van der Waals surface area (Å²) >= 11 is 0.